The Morgan fingerprint density at radius 1 is 1.09 bits per heavy atom. The Bertz CT molecular complexity index is 1030. The molecule has 1 aromatic heterocycles. The minimum Gasteiger partial charge on any atom is -0.486 e. The van der Waals surface area contributed by atoms with E-state index in [1.807, 2.05) is 23.1 Å². The third kappa shape index (κ3) is 5.94. The van der Waals surface area contributed by atoms with Gasteiger partial charge < -0.3 is 30.2 Å². The van der Waals surface area contributed by atoms with Gasteiger partial charge in [0.05, 0.1) is 11.5 Å². The fourth-order valence-electron chi connectivity index (χ4n) is 3.96. The summed E-state index contributed by atoms with van der Waals surface area (Å²) in [6.45, 7) is 2.46. The molecule has 34 heavy (non-hydrogen) atoms. The second-order valence-electron chi connectivity index (χ2n) is 8.22. The summed E-state index contributed by atoms with van der Waals surface area (Å²) in [6, 6.07) is 9.10. The first-order valence-corrected chi connectivity index (χ1v) is 11.3. The number of nitrogens with two attached hydrogens (primary N) is 1. The second kappa shape index (κ2) is 10.9. The van der Waals surface area contributed by atoms with Gasteiger partial charge in [0.2, 0.25) is 5.91 Å². The molecule has 2 aliphatic heterocycles. The maximum atomic E-state index is 12.4. The molecule has 3 N–H and O–H groups in total. The summed E-state index contributed by atoms with van der Waals surface area (Å²) in [5.41, 5.74) is 6.61. The average Bonchev–Trinajstić information content (AvgIpc) is 2.87. The number of benzene rings is 1. The summed E-state index contributed by atoms with van der Waals surface area (Å²) in [7, 11) is 0. The number of nitrogens with one attached hydrogen (secondary N) is 1. The summed E-state index contributed by atoms with van der Waals surface area (Å²) in [5.74, 6) is 0.706. The van der Waals surface area contributed by atoms with Crippen molar-refractivity contribution in [3.8, 4) is 11.5 Å². The lowest BCUT2D eigenvalue weighted by Gasteiger charge is -2.31. The summed E-state index contributed by atoms with van der Waals surface area (Å²) >= 11 is 0. The van der Waals surface area contributed by atoms with Crippen LogP contribution >= 0.6 is 0 Å². The molecular weight excluding hydrogens is 440 g/mol. The molecule has 0 aliphatic carbocycles. The van der Waals surface area contributed by atoms with Crippen LogP contribution in [0.2, 0.25) is 0 Å². The molecular formula is C24H28N4O6. The molecule has 1 saturated heterocycles. The molecule has 0 saturated carbocycles. The number of aromatic nitrogens is 1. The normalized spacial score (nSPS) is 15.5. The first-order chi connectivity index (χ1) is 16.5. The quantitative estimate of drug-likeness (QED) is 0.550. The van der Waals surface area contributed by atoms with Crippen molar-refractivity contribution in [3.63, 3.8) is 0 Å². The number of hydrogen-bond donors (Lipinski definition) is 2. The molecule has 1 aromatic carbocycles. The lowest BCUT2D eigenvalue weighted by Crippen LogP contribution is -2.38. The molecule has 180 valence electrons. The van der Waals surface area contributed by atoms with E-state index >= 15 is 0 Å². The number of fused-ring (bicyclic) bond motifs is 1. The Labute approximate surface area is 197 Å². The summed E-state index contributed by atoms with van der Waals surface area (Å²) in [6.07, 6.45) is 3.28. The molecule has 10 heteroatoms. The standard InChI is InChI=1S/C24H28N4O6/c25-23(30)18-2-4-21(27-14-18)28-9-6-17(7-10-28)24(31)34-15-22(29)26-8-5-16-1-3-19-20(13-16)33-12-11-32-19/h1-4,13-14,17H,5-12,15H2,(H2,25,30)(H,26,29). The highest BCUT2D eigenvalue weighted by atomic mass is 16.6. The Morgan fingerprint density at radius 2 is 1.85 bits per heavy atom. The van der Waals surface area contributed by atoms with Crippen LogP contribution in [0.4, 0.5) is 5.82 Å². The number of hydrogen-bond acceptors (Lipinski definition) is 8. The summed E-state index contributed by atoms with van der Waals surface area (Å²) < 4.78 is 16.3. The number of carbonyl (C=O) groups is 3. The molecule has 2 amide bonds. The lowest BCUT2D eigenvalue weighted by atomic mass is 9.97. The number of pyridine rings is 1. The predicted octanol–water partition coefficient (Wildman–Crippen LogP) is 1.07. The number of piperidine rings is 1. The van der Waals surface area contributed by atoms with Crippen LogP contribution in [-0.2, 0) is 20.7 Å². The van der Waals surface area contributed by atoms with Crippen LogP contribution in [0.1, 0.15) is 28.8 Å². The molecule has 2 aromatic rings. The van der Waals surface area contributed by atoms with Gasteiger partial charge in [-0.15, -0.1) is 0 Å². The van der Waals surface area contributed by atoms with E-state index in [4.69, 9.17) is 19.9 Å². The van der Waals surface area contributed by atoms with Gasteiger partial charge in [0, 0.05) is 25.8 Å². The third-order valence-corrected chi connectivity index (χ3v) is 5.87. The zero-order valence-corrected chi connectivity index (χ0v) is 18.8. The van der Waals surface area contributed by atoms with E-state index < -0.39 is 5.91 Å². The van der Waals surface area contributed by atoms with E-state index in [1.165, 1.54) is 6.20 Å². The van der Waals surface area contributed by atoms with Gasteiger partial charge in [0.1, 0.15) is 19.0 Å². The van der Waals surface area contributed by atoms with Crippen molar-refractivity contribution in [1.82, 2.24) is 10.3 Å². The molecule has 0 unspecified atom stereocenters. The van der Waals surface area contributed by atoms with Crippen LogP contribution in [0.25, 0.3) is 0 Å². The van der Waals surface area contributed by atoms with Crippen molar-refractivity contribution in [3.05, 3.63) is 47.7 Å². The zero-order valence-electron chi connectivity index (χ0n) is 18.8. The van der Waals surface area contributed by atoms with Crippen molar-refractivity contribution in [1.29, 1.82) is 0 Å². The van der Waals surface area contributed by atoms with Gasteiger partial charge in [-0.2, -0.15) is 0 Å². The predicted molar refractivity (Wildman–Crippen MR) is 123 cm³/mol. The van der Waals surface area contributed by atoms with Crippen LogP contribution in [0.3, 0.4) is 0 Å². The van der Waals surface area contributed by atoms with Gasteiger partial charge in [-0.3, -0.25) is 14.4 Å². The highest BCUT2D eigenvalue weighted by molar-refractivity contribution is 5.92. The van der Waals surface area contributed by atoms with E-state index in [9.17, 15) is 14.4 Å². The molecule has 3 heterocycles. The molecule has 4 rings (SSSR count). The van der Waals surface area contributed by atoms with Gasteiger partial charge in [-0.1, -0.05) is 6.07 Å². The van der Waals surface area contributed by atoms with Crippen LogP contribution in [0.5, 0.6) is 11.5 Å². The smallest absolute Gasteiger partial charge is 0.309 e. The summed E-state index contributed by atoms with van der Waals surface area (Å²) in [5, 5.41) is 2.77. The number of carbonyl (C=O) groups excluding carboxylic acids is 3. The Hall–Kier alpha value is -3.82. The first kappa shape index (κ1) is 23.3. The van der Waals surface area contributed by atoms with Gasteiger partial charge in [-0.25, -0.2) is 4.98 Å². The number of primary amides is 1. The number of ether oxygens (including phenoxy) is 3. The van der Waals surface area contributed by atoms with Crippen molar-refractivity contribution < 1.29 is 28.6 Å². The van der Waals surface area contributed by atoms with Gasteiger partial charge in [0.15, 0.2) is 18.1 Å². The maximum Gasteiger partial charge on any atom is 0.309 e. The van der Waals surface area contributed by atoms with E-state index in [0.717, 1.165) is 17.1 Å². The molecule has 1 fully saturated rings. The van der Waals surface area contributed by atoms with Gasteiger partial charge in [-0.05, 0) is 49.1 Å². The van der Waals surface area contributed by atoms with Gasteiger partial charge >= 0.3 is 5.97 Å². The van der Waals surface area contributed by atoms with Crippen molar-refractivity contribution >= 4 is 23.6 Å². The minimum absolute atomic E-state index is 0.258. The largest absolute Gasteiger partial charge is 0.486 e. The first-order valence-electron chi connectivity index (χ1n) is 11.3. The van der Waals surface area contributed by atoms with Crippen molar-refractivity contribution in [2.24, 2.45) is 11.7 Å². The van der Waals surface area contributed by atoms with Crippen LogP contribution in [0.15, 0.2) is 36.5 Å². The molecule has 10 nitrogen and oxygen atoms in total. The Kier molecular flexibility index (Phi) is 7.46. The molecule has 0 spiro atoms. The van der Waals surface area contributed by atoms with E-state index in [2.05, 4.69) is 10.3 Å². The highest BCUT2D eigenvalue weighted by Crippen LogP contribution is 2.30. The van der Waals surface area contributed by atoms with E-state index in [0.29, 0.717) is 63.4 Å². The fraction of sp³-hybridized carbons (Fsp3) is 0.417. The molecule has 0 atom stereocenters. The number of amides is 2. The van der Waals surface area contributed by atoms with E-state index in [1.54, 1.807) is 12.1 Å². The zero-order chi connectivity index (χ0) is 23.9. The second-order valence-corrected chi connectivity index (χ2v) is 8.22. The highest BCUT2D eigenvalue weighted by Gasteiger charge is 2.27. The minimum atomic E-state index is -0.521. The van der Waals surface area contributed by atoms with Crippen LogP contribution in [0, 0.1) is 5.92 Å². The number of rotatable bonds is 8. The maximum absolute atomic E-state index is 12.4. The molecule has 0 bridgehead atoms. The van der Waals surface area contributed by atoms with E-state index in [-0.39, 0.29) is 24.4 Å². The van der Waals surface area contributed by atoms with Crippen LogP contribution < -0.4 is 25.4 Å². The number of nitrogens with zero attached hydrogens (tertiary/aromatic N) is 2. The Morgan fingerprint density at radius 3 is 2.56 bits per heavy atom. The topological polar surface area (TPSA) is 133 Å². The SMILES string of the molecule is NC(=O)c1ccc(N2CCC(C(=O)OCC(=O)NCCc3ccc4c(c3)OCCO4)CC2)nc1. The average molecular weight is 469 g/mol. The van der Waals surface area contributed by atoms with Crippen molar-refractivity contribution in [2.75, 3.05) is 44.4 Å². The number of anilines is 1. The number of esters is 1. The van der Waals surface area contributed by atoms with Crippen LogP contribution in [-0.4, -0.2) is 62.2 Å². The van der Waals surface area contributed by atoms with Gasteiger partial charge in [0.25, 0.3) is 5.91 Å². The Balaban J connectivity index is 1.14. The summed E-state index contributed by atoms with van der Waals surface area (Å²) in [4.78, 5) is 41.9. The molecule has 2 aliphatic rings. The van der Waals surface area contributed by atoms with Crippen molar-refractivity contribution in [2.45, 2.75) is 19.3 Å². The molecule has 0 radical (unpaired) electrons. The monoisotopic (exact) mass is 468 g/mol. The third-order valence-electron chi connectivity index (χ3n) is 5.87. The fourth-order valence-corrected chi connectivity index (χ4v) is 3.96. The lowest BCUT2D eigenvalue weighted by molar-refractivity contribution is -0.153.